The van der Waals surface area contributed by atoms with Crippen LogP contribution in [0.25, 0.3) is 11.3 Å². The first-order chi connectivity index (χ1) is 17.4. The zero-order chi connectivity index (χ0) is 27.1. The van der Waals surface area contributed by atoms with Crippen molar-refractivity contribution in [3.05, 3.63) is 53.5 Å². The lowest BCUT2D eigenvalue weighted by atomic mass is 9.66. The molecular weight excluding hydrogens is 511 g/mol. The minimum atomic E-state index is -3.67. The second-order valence-corrected chi connectivity index (χ2v) is 11.4. The maximum atomic E-state index is 15.7. The molecule has 5 rings (SSSR count). The summed E-state index contributed by atoms with van der Waals surface area (Å²) < 4.78 is 74.1. The molecule has 1 aromatic carbocycles. The maximum absolute atomic E-state index is 15.7. The van der Waals surface area contributed by atoms with Crippen LogP contribution in [-0.4, -0.2) is 60.7 Å². The van der Waals surface area contributed by atoms with Crippen molar-refractivity contribution in [3.63, 3.8) is 0 Å². The van der Waals surface area contributed by atoms with Crippen molar-refractivity contribution in [2.45, 2.75) is 63.8 Å². The summed E-state index contributed by atoms with van der Waals surface area (Å²) in [6.07, 6.45) is -1.82. The monoisotopic (exact) mass is 539 g/mol. The molecule has 2 aliphatic heterocycles. The van der Waals surface area contributed by atoms with E-state index in [1.165, 1.54) is 43.0 Å². The van der Waals surface area contributed by atoms with Crippen LogP contribution in [0.15, 0.2) is 36.4 Å². The number of pyridine rings is 1. The van der Waals surface area contributed by atoms with Gasteiger partial charge in [-0.25, -0.2) is 31.3 Å². The molecule has 8 nitrogen and oxygen atoms in total. The minimum absolute atomic E-state index is 0.0137. The number of amides is 1. The normalized spacial score (nSPS) is 23.9. The number of piperidine rings is 2. The maximum Gasteiger partial charge on any atom is 0.303 e. The predicted molar refractivity (Wildman–Crippen MR) is 128 cm³/mol. The Morgan fingerprint density at radius 2 is 1.86 bits per heavy atom. The Kier molecular flexibility index (Phi) is 7.61. The van der Waals surface area contributed by atoms with Crippen LogP contribution in [0.4, 0.5) is 13.2 Å². The Bertz CT molecular complexity index is 1300. The SMILES string of the molecule is CC(=O)O[C@H](C)C(=O)N1C2CC(C2)[C@H](NS(C)(=O)=O)[C@@H]1Cc1cccc(-c2cccc(C(F)F)n2)c1F. The van der Waals surface area contributed by atoms with E-state index >= 15 is 4.39 Å². The predicted octanol–water partition coefficient (Wildman–Crippen LogP) is 3.23. The minimum Gasteiger partial charge on any atom is -0.453 e. The Balaban J connectivity index is 1.71. The molecule has 1 N–H and O–H groups in total. The zero-order valence-corrected chi connectivity index (χ0v) is 21.3. The third-order valence-electron chi connectivity index (χ3n) is 6.90. The van der Waals surface area contributed by atoms with Gasteiger partial charge in [0.2, 0.25) is 10.0 Å². The summed E-state index contributed by atoms with van der Waals surface area (Å²) in [5.74, 6) is -1.87. The van der Waals surface area contributed by atoms with Crippen LogP contribution in [0.3, 0.4) is 0 Å². The number of aromatic nitrogens is 1. The van der Waals surface area contributed by atoms with E-state index in [0.717, 1.165) is 12.3 Å². The van der Waals surface area contributed by atoms with Gasteiger partial charge in [-0.05, 0) is 55.9 Å². The Morgan fingerprint density at radius 3 is 2.49 bits per heavy atom. The number of alkyl halides is 2. The molecule has 1 amide bonds. The fourth-order valence-corrected chi connectivity index (χ4v) is 6.14. The van der Waals surface area contributed by atoms with Crippen LogP contribution in [0.2, 0.25) is 0 Å². The largest absolute Gasteiger partial charge is 0.453 e. The van der Waals surface area contributed by atoms with Crippen LogP contribution in [-0.2, 0) is 30.8 Å². The summed E-state index contributed by atoms with van der Waals surface area (Å²) >= 11 is 0. The number of benzene rings is 1. The third-order valence-corrected chi connectivity index (χ3v) is 7.60. The van der Waals surface area contributed by atoms with Crippen LogP contribution in [0.1, 0.15) is 44.4 Å². The smallest absolute Gasteiger partial charge is 0.303 e. The molecule has 2 saturated heterocycles. The van der Waals surface area contributed by atoms with Gasteiger partial charge in [-0.15, -0.1) is 0 Å². The lowest BCUT2D eigenvalue weighted by Crippen LogP contribution is -2.71. The van der Waals surface area contributed by atoms with E-state index in [1.54, 1.807) is 6.07 Å². The third kappa shape index (κ3) is 5.80. The molecule has 0 radical (unpaired) electrons. The zero-order valence-electron chi connectivity index (χ0n) is 20.5. The van der Waals surface area contributed by atoms with Crippen molar-refractivity contribution >= 4 is 21.9 Å². The van der Waals surface area contributed by atoms with Gasteiger partial charge in [0.15, 0.2) is 6.10 Å². The van der Waals surface area contributed by atoms with Crippen molar-refractivity contribution in [2.24, 2.45) is 5.92 Å². The highest BCUT2D eigenvalue weighted by Crippen LogP contribution is 2.45. The molecule has 37 heavy (non-hydrogen) atoms. The number of ether oxygens (including phenoxy) is 1. The van der Waals surface area contributed by atoms with Crippen LogP contribution >= 0.6 is 0 Å². The molecule has 1 aromatic heterocycles. The molecule has 2 aromatic rings. The second-order valence-electron chi connectivity index (χ2n) is 9.60. The topological polar surface area (TPSA) is 106 Å². The number of sulfonamides is 1. The Morgan fingerprint density at radius 1 is 1.19 bits per heavy atom. The Hall–Kier alpha value is -2.99. The van der Waals surface area contributed by atoms with E-state index in [4.69, 9.17) is 4.74 Å². The highest BCUT2D eigenvalue weighted by molar-refractivity contribution is 7.88. The van der Waals surface area contributed by atoms with Crippen LogP contribution < -0.4 is 4.72 Å². The van der Waals surface area contributed by atoms with E-state index in [2.05, 4.69) is 9.71 Å². The first-order valence-electron chi connectivity index (χ1n) is 11.8. The van der Waals surface area contributed by atoms with Crippen LogP contribution in [0.5, 0.6) is 0 Å². The van der Waals surface area contributed by atoms with E-state index < -0.39 is 58.0 Å². The van der Waals surface area contributed by atoms with E-state index in [-0.39, 0.29) is 35.2 Å². The van der Waals surface area contributed by atoms with E-state index in [0.29, 0.717) is 12.8 Å². The van der Waals surface area contributed by atoms with Gasteiger partial charge in [0.1, 0.15) is 11.5 Å². The van der Waals surface area contributed by atoms with E-state index in [1.807, 2.05) is 0 Å². The lowest BCUT2D eigenvalue weighted by molar-refractivity contribution is -0.168. The van der Waals surface area contributed by atoms with Gasteiger partial charge in [0.05, 0.1) is 18.0 Å². The highest BCUT2D eigenvalue weighted by atomic mass is 32.2. The van der Waals surface area contributed by atoms with Crippen molar-refractivity contribution in [3.8, 4) is 11.3 Å². The first kappa shape index (κ1) is 27.1. The molecule has 1 aliphatic carbocycles. The van der Waals surface area contributed by atoms with Crippen molar-refractivity contribution in [2.75, 3.05) is 6.26 Å². The van der Waals surface area contributed by atoms with Crippen molar-refractivity contribution in [1.29, 1.82) is 0 Å². The molecule has 1 saturated carbocycles. The number of hydrogen-bond acceptors (Lipinski definition) is 6. The van der Waals surface area contributed by atoms with Crippen LogP contribution in [0, 0.1) is 11.7 Å². The molecule has 3 fully saturated rings. The molecular formula is C25H28F3N3O5S. The summed E-state index contributed by atoms with van der Waals surface area (Å²) in [6, 6.07) is 6.79. The average molecular weight is 540 g/mol. The van der Waals surface area contributed by atoms with Gasteiger partial charge in [-0.1, -0.05) is 18.2 Å². The summed E-state index contributed by atoms with van der Waals surface area (Å²) in [5.41, 5.74) is -0.264. The van der Waals surface area contributed by atoms with Gasteiger partial charge in [0.25, 0.3) is 12.3 Å². The van der Waals surface area contributed by atoms with Crippen molar-refractivity contribution < 1.29 is 35.9 Å². The number of esters is 1. The summed E-state index contributed by atoms with van der Waals surface area (Å²) in [6.45, 7) is 2.62. The number of rotatable bonds is 8. The van der Waals surface area contributed by atoms with Gasteiger partial charge in [0, 0.05) is 24.6 Å². The molecule has 2 bridgehead atoms. The summed E-state index contributed by atoms with van der Waals surface area (Å²) in [4.78, 5) is 30.2. The molecule has 0 spiro atoms. The highest BCUT2D eigenvalue weighted by Gasteiger charge is 2.54. The number of fused-ring (bicyclic) bond motifs is 2. The molecule has 3 heterocycles. The number of nitrogens with one attached hydrogen (secondary N) is 1. The standard InChI is InChI=1S/C25H28F3N3O5S/c1-13(36-14(2)32)25(33)31-17-10-16(11-17)23(30-37(3,34)35)21(31)12-15-6-4-7-18(22(15)26)19-8-5-9-20(29-19)24(27)28/h4-9,13,16-17,21,23-24,30H,10-12H2,1-3H3/t13-,16?,17?,21+,23+/m1/s1. The number of halogens is 3. The second kappa shape index (κ2) is 10.4. The van der Waals surface area contributed by atoms with E-state index in [9.17, 15) is 26.8 Å². The molecule has 0 unspecified atom stereocenters. The fraction of sp³-hybridized carbons (Fsp3) is 0.480. The van der Waals surface area contributed by atoms with Gasteiger partial charge in [-0.2, -0.15) is 0 Å². The molecule has 200 valence electrons. The van der Waals surface area contributed by atoms with Gasteiger partial charge >= 0.3 is 5.97 Å². The molecule has 3 aliphatic rings. The quantitative estimate of drug-likeness (QED) is 0.517. The number of hydrogen-bond donors (Lipinski definition) is 1. The van der Waals surface area contributed by atoms with Gasteiger partial charge in [-0.3, -0.25) is 9.59 Å². The van der Waals surface area contributed by atoms with Gasteiger partial charge < -0.3 is 9.64 Å². The summed E-state index contributed by atoms with van der Waals surface area (Å²) in [7, 11) is -3.67. The average Bonchev–Trinajstić information content (AvgIpc) is 2.78. The number of carbonyl (C=O) groups excluding carboxylic acids is 2. The number of nitrogens with zero attached hydrogens (tertiary/aromatic N) is 2. The summed E-state index contributed by atoms with van der Waals surface area (Å²) in [5, 5.41) is 0. The molecule has 12 heteroatoms. The lowest BCUT2D eigenvalue weighted by Gasteiger charge is -2.58. The number of carbonyl (C=O) groups is 2. The fourth-order valence-electron chi connectivity index (χ4n) is 5.29. The van der Waals surface area contributed by atoms with Crippen molar-refractivity contribution in [1.82, 2.24) is 14.6 Å². The Labute approximate surface area is 213 Å². The first-order valence-corrected chi connectivity index (χ1v) is 13.7. The molecule has 3 atom stereocenters.